The van der Waals surface area contributed by atoms with E-state index in [1.165, 1.54) is 44.1 Å². The van der Waals surface area contributed by atoms with Gasteiger partial charge in [0.2, 0.25) is 0 Å². The molecule has 2 heteroatoms. The molecule has 0 saturated carbocycles. The first-order chi connectivity index (χ1) is 7.74. The van der Waals surface area contributed by atoms with Crippen LogP contribution in [0.25, 0.3) is 0 Å². The summed E-state index contributed by atoms with van der Waals surface area (Å²) in [6.07, 6.45) is 8.92. The molecule has 0 nitrogen and oxygen atoms in total. The lowest BCUT2D eigenvalue weighted by Crippen LogP contribution is -1.88. The first-order valence-corrected chi connectivity index (χ1v) is 6.93. The van der Waals surface area contributed by atoms with Gasteiger partial charge >= 0.3 is 0 Å². The highest BCUT2D eigenvalue weighted by Crippen LogP contribution is 2.22. The molecule has 0 bridgehead atoms. The molecule has 1 rings (SSSR count). The molecule has 0 atom stereocenters. The normalized spacial score (nSPS) is 10.7. The third-order valence-electron chi connectivity index (χ3n) is 2.81. The van der Waals surface area contributed by atoms with Gasteiger partial charge in [0.05, 0.1) is 0 Å². The van der Waals surface area contributed by atoms with Crippen molar-refractivity contribution in [3.8, 4) is 0 Å². The van der Waals surface area contributed by atoms with Crippen LogP contribution in [0.15, 0.2) is 18.2 Å². The van der Waals surface area contributed by atoms with Gasteiger partial charge in [0.25, 0.3) is 0 Å². The third kappa shape index (κ3) is 5.23. The van der Waals surface area contributed by atoms with Crippen molar-refractivity contribution < 1.29 is 0 Å². The van der Waals surface area contributed by atoms with Gasteiger partial charge in [-0.05, 0) is 36.6 Å². The van der Waals surface area contributed by atoms with Crippen LogP contribution in [-0.2, 0) is 6.42 Å². The predicted molar refractivity (Wildman–Crippen MR) is 73.5 cm³/mol. The van der Waals surface area contributed by atoms with E-state index in [9.17, 15) is 0 Å². The maximum Gasteiger partial charge on any atom is 0.0439 e. The fourth-order valence-electron chi connectivity index (χ4n) is 1.83. The molecule has 0 aromatic heterocycles. The second-order valence-corrected chi connectivity index (χ2v) is 5.10. The van der Waals surface area contributed by atoms with Crippen LogP contribution in [0, 0.1) is 0 Å². The number of rotatable bonds is 7. The molecule has 0 radical (unpaired) electrons. The molecule has 16 heavy (non-hydrogen) atoms. The maximum atomic E-state index is 6.10. The standard InChI is InChI=1S/C14H20Cl2/c1-2-3-4-5-6-7-8-12-11-13(15)9-10-14(12)16/h9-11H,2-8H2,1H3. The van der Waals surface area contributed by atoms with E-state index in [0.717, 1.165) is 16.5 Å². The summed E-state index contributed by atoms with van der Waals surface area (Å²) in [5.74, 6) is 0. The first-order valence-electron chi connectivity index (χ1n) is 6.18. The minimum absolute atomic E-state index is 0.783. The fraction of sp³-hybridized carbons (Fsp3) is 0.571. The Morgan fingerprint density at radius 2 is 1.62 bits per heavy atom. The molecule has 0 heterocycles. The molecule has 1 aromatic rings. The second-order valence-electron chi connectivity index (χ2n) is 4.25. The van der Waals surface area contributed by atoms with Crippen molar-refractivity contribution in [2.45, 2.75) is 51.9 Å². The lowest BCUT2D eigenvalue weighted by atomic mass is 10.1. The Labute approximate surface area is 109 Å². The summed E-state index contributed by atoms with van der Waals surface area (Å²) in [7, 11) is 0. The zero-order valence-corrected chi connectivity index (χ0v) is 11.4. The van der Waals surface area contributed by atoms with Crippen molar-refractivity contribution in [3.63, 3.8) is 0 Å². The molecule has 0 saturated heterocycles. The van der Waals surface area contributed by atoms with Gasteiger partial charge in [-0.25, -0.2) is 0 Å². The highest BCUT2D eigenvalue weighted by Gasteiger charge is 2.01. The van der Waals surface area contributed by atoms with E-state index in [0.29, 0.717) is 0 Å². The van der Waals surface area contributed by atoms with Gasteiger partial charge < -0.3 is 0 Å². The molecule has 0 spiro atoms. The number of halogens is 2. The van der Waals surface area contributed by atoms with E-state index in [4.69, 9.17) is 23.2 Å². The molecular weight excluding hydrogens is 239 g/mol. The van der Waals surface area contributed by atoms with Gasteiger partial charge in [0.1, 0.15) is 0 Å². The van der Waals surface area contributed by atoms with E-state index in [1.807, 2.05) is 18.2 Å². The van der Waals surface area contributed by atoms with Crippen LogP contribution in [0.3, 0.4) is 0 Å². The summed E-state index contributed by atoms with van der Waals surface area (Å²) in [6, 6.07) is 5.71. The van der Waals surface area contributed by atoms with Crippen LogP contribution in [0.5, 0.6) is 0 Å². The van der Waals surface area contributed by atoms with Gasteiger partial charge in [0.15, 0.2) is 0 Å². The summed E-state index contributed by atoms with van der Waals surface area (Å²) < 4.78 is 0. The topological polar surface area (TPSA) is 0 Å². The van der Waals surface area contributed by atoms with E-state index in [2.05, 4.69) is 6.92 Å². The van der Waals surface area contributed by atoms with Gasteiger partial charge in [0, 0.05) is 10.0 Å². The van der Waals surface area contributed by atoms with Crippen LogP contribution >= 0.6 is 23.2 Å². The summed E-state index contributed by atoms with van der Waals surface area (Å²) in [6.45, 7) is 2.24. The maximum absolute atomic E-state index is 6.10. The molecular formula is C14H20Cl2. The molecule has 1 aromatic carbocycles. The summed E-state index contributed by atoms with van der Waals surface area (Å²) >= 11 is 12.0. The Balaban J connectivity index is 2.23. The number of hydrogen-bond donors (Lipinski definition) is 0. The lowest BCUT2D eigenvalue weighted by Gasteiger charge is -2.05. The van der Waals surface area contributed by atoms with Crippen LogP contribution in [0.2, 0.25) is 10.0 Å². The second kappa shape index (κ2) is 7.97. The number of unbranched alkanes of at least 4 members (excludes halogenated alkanes) is 5. The van der Waals surface area contributed by atoms with Gasteiger partial charge in [-0.15, -0.1) is 0 Å². The smallest absolute Gasteiger partial charge is 0.0439 e. The molecule has 0 unspecified atom stereocenters. The number of benzene rings is 1. The van der Waals surface area contributed by atoms with Crippen LogP contribution in [0.4, 0.5) is 0 Å². The van der Waals surface area contributed by atoms with Crippen LogP contribution in [-0.4, -0.2) is 0 Å². The third-order valence-corrected chi connectivity index (χ3v) is 3.41. The van der Waals surface area contributed by atoms with Gasteiger partial charge in [-0.1, -0.05) is 62.2 Å². The van der Waals surface area contributed by atoms with Crippen molar-refractivity contribution in [2.24, 2.45) is 0 Å². The minimum Gasteiger partial charge on any atom is -0.0843 e. The lowest BCUT2D eigenvalue weighted by molar-refractivity contribution is 0.607. The summed E-state index contributed by atoms with van der Waals surface area (Å²) in [4.78, 5) is 0. The zero-order chi connectivity index (χ0) is 11.8. The van der Waals surface area contributed by atoms with Gasteiger partial charge in [-0.3, -0.25) is 0 Å². The zero-order valence-electron chi connectivity index (χ0n) is 9.94. The van der Waals surface area contributed by atoms with Gasteiger partial charge in [-0.2, -0.15) is 0 Å². The Bertz CT molecular complexity index is 308. The summed E-state index contributed by atoms with van der Waals surface area (Å²) in [5.41, 5.74) is 1.18. The SMILES string of the molecule is CCCCCCCCc1cc(Cl)ccc1Cl. The predicted octanol–water partition coefficient (Wildman–Crippen LogP) is 5.90. The molecule has 0 aliphatic heterocycles. The largest absolute Gasteiger partial charge is 0.0843 e. The van der Waals surface area contributed by atoms with Crippen molar-refractivity contribution >= 4 is 23.2 Å². The monoisotopic (exact) mass is 258 g/mol. The highest BCUT2D eigenvalue weighted by molar-refractivity contribution is 6.33. The first kappa shape index (κ1) is 13.9. The fourth-order valence-corrected chi connectivity index (χ4v) is 2.24. The van der Waals surface area contributed by atoms with Crippen molar-refractivity contribution in [3.05, 3.63) is 33.8 Å². The summed E-state index contributed by atoms with van der Waals surface area (Å²) in [5, 5.41) is 1.63. The molecule has 90 valence electrons. The van der Waals surface area contributed by atoms with Crippen LogP contribution in [0.1, 0.15) is 51.0 Å². The van der Waals surface area contributed by atoms with E-state index in [-0.39, 0.29) is 0 Å². The Hall–Kier alpha value is -0.200. The van der Waals surface area contributed by atoms with Crippen molar-refractivity contribution in [1.29, 1.82) is 0 Å². The Morgan fingerprint density at radius 1 is 0.938 bits per heavy atom. The molecule has 0 aliphatic carbocycles. The van der Waals surface area contributed by atoms with E-state index < -0.39 is 0 Å². The molecule has 0 aliphatic rings. The average Bonchev–Trinajstić information content (AvgIpc) is 2.28. The molecule has 0 N–H and O–H groups in total. The molecule has 0 amide bonds. The van der Waals surface area contributed by atoms with E-state index >= 15 is 0 Å². The Kier molecular flexibility index (Phi) is 6.91. The van der Waals surface area contributed by atoms with Crippen molar-refractivity contribution in [1.82, 2.24) is 0 Å². The minimum atomic E-state index is 0.783. The van der Waals surface area contributed by atoms with Crippen LogP contribution < -0.4 is 0 Å². The number of hydrogen-bond acceptors (Lipinski definition) is 0. The number of aryl methyl sites for hydroxylation is 1. The Morgan fingerprint density at radius 3 is 2.38 bits per heavy atom. The molecule has 0 fully saturated rings. The average molecular weight is 259 g/mol. The van der Waals surface area contributed by atoms with E-state index in [1.54, 1.807) is 0 Å². The van der Waals surface area contributed by atoms with Crippen molar-refractivity contribution in [2.75, 3.05) is 0 Å². The highest BCUT2D eigenvalue weighted by atomic mass is 35.5. The quantitative estimate of drug-likeness (QED) is 0.535.